The molecule has 0 atom stereocenters. The number of nitrogens with zero attached hydrogens (tertiary/aromatic N) is 3. The highest BCUT2D eigenvalue weighted by molar-refractivity contribution is 7.92. The summed E-state index contributed by atoms with van der Waals surface area (Å²) in [5, 5.41) is 5.27. The van der Waals surface area contributed by atoms with E-state index >= 15 is 0 Å². The maximum atomic E-state index is 13.4. The van der Waals surface area contributed by atoms with Crippen LogP contribution in [-0.4, -0.2) is 47.6 Å². The van der Waals surface area contributed by atoms with E-state index in [1.54, 1.807) is 23.8 Å². The molecule has 0 radical (unpaired) electrons. The molecule has 2 N–H and O–H groups in total. The number of carbonyl (C=O) groups is 1. The smallest absolute Gasteiger partial charge is 0.279 e. The molecule has 0 saturated carbocycles. The van der Waals surface area contributed by atoms with Gasteiger partial charge in [0, 0.05) is 25.8 Å². The second kappa shape index (κ2) is 10.7. The van der Waals surface area contributed by atoms with Crippen molar-refractivity contribution in [3.63, 3.8) is 0 Å². The van der Waals surface area contributed by atoms with Crippen LogP contribution in [0.3, 0.4) is 0 Å². The second-order valence-electron chi connectivity index (χ2n) is 8.95. The molecule has 10 nitrogen and oxygen atoms in total. The minimum Gasteiger partial charge on any atom is -0.383 e. The van der Waals surface area contributed by atoms with Crippen molar-refractivity contribution >= 4 is 53.2 Å². The molecule has 204 valence electrons. The average molecular weight is 587 g/mol. The normalized spacial score (nSPS) is 14.5. The molecule has 0 fully saturated rings. The molecule has 1 aliphatic heterocycles. The highest BCUT2D eigenvalue weighted by atomic mass is 32.2. The number of aromatic nitrogens is 1. The number of hydrogen-bond acceptors (Lipinski definition) is 7. The van der Waals surface area contributed by atoms with Gasteiger partial charge in [-0.25, -0.2) is 22.0 Å². The van der Waals surface area contributed by atoms with E-state index in [1.165, 1.54) is 40.7 Å². The van der Waals surface area contributed by atoms with Crippen molar-refractivity contribution in [2.75, 3.05) is 24.6 Å². The first kappa shape index (κ1) is 27.2. The lowest BCUT2D eigenvalue weighted by molar-refractivity contribution is 0.0997. The number of methoxy groups -OCH3 is 1. The number of aryl methyl sites for hydroxylation is 1. The van der Waals surface area contributed by atoms with Gasteiger partial charge >= 0.3 is 0 Å². The van der Waals surface area contributed by atoms with Crippen molar-refractivity contribution in [3.8, 4) is 0 Å². The van der Waals surface area contributed by atoms with E-state index in [9.17, 15) is 21.6 Å². The van der Waals surface area contributed by atoms with Crippen LogP contribution in [0.15, 0.2) is 81.5 Å². The Balaban J connectivity index is 1.48. The van der Waals surface area contributed by atoms with E-state index in [-0.39, 0.29) is 15.4 Å². The van der Waals surface area contributed by atoms with Crippen LogP contribution in [0.1, 0.15) is 22.3 Å². The fourth-order valence-electron chi connectivity index (χ4n) is 4.51. The molecule has 1 aliphatic rings. The first-order valence-corrected chi connectivity index (χ1v) is 15.8. The van der Waals surface area contributed by atoms with Gasteiger partial charge in [-0.15, -0.1) is 0 Å². The Labute approximate surface area is 230 Å². The number of amides is 1. The van der Waals surface area contributed by atoms with Gasteiger partial charge in [-0.3, -0.25) is 9.10 Å². The lowest BCUT2D eigenvalue weighted by atomic mass is 10.0. The molecule has 3 aromatic carbocycles. The van der Waals surface area contributed by atoms with Crippen molar-refractivity contribution in [2.24, 2.45) is 10.1 Å². The Hall–Kier alpha value is -3.36. The SMILES string of the molecule is COCCn1c(=NC(=O)c2ccc(S(=O)(=O)N3CCCc4ccccc43)cc2)sc2cc(S(N)(=O)=O)ccc21. The molecular formula is C26H26N4O6S3. The Bertz CT molecular complexity index is 1840. The Morgan fingerprint density at radius 3 is 2.46 bits per heavy atom. The monoisotopic (exact) mass is 586 g/mol. The number of fused-ring (bicyclic) bond motifs is 2. The van der Waals surface area contributed by atoms with Crippen LogP contribution in [0.4, 0.5) is 5.69 Å². The summed E-state index contributed by atoms with van der Waals surface area (Å²) in [7, 11) is -6.16. The molecule has 13 heteroatoms. The van der Waals surface area contributed by atoms with Crippen LogP contribution in [0.2, 0.25) is 0 Å². The summed E-state index contributed by atoms with van der Waals surface area (Å²) in [6, 6.07) is 17.6. The Morgan fingerprint density at radius 1 is 1.03 bits per heavy atom. The number of anilines is 1. The molecule has 0 unspecified atom stereocenters. The summed E-state index contributed by atoms with van der Waals surface area (Å²) >= 11 is 1.14. The van der Waals surface area contributed by atoms with E-state index in [1.807, 2.05) is 18.2 Å². The van der Waals surface area contributed by atoms with Gasteiger partial charge < -0.3 is 9.30 Å². The minimum absolute atomic E-state index is 0.0406. The van der Waals surface area contributed by atoms with E-state index in [2.05, 4.69) is 4.99 Å². The number of sulfonamides is 2. The third-order valence-electron chi connectivity index (χ3n) is 6.46. The van der Waals surface area contributed by atoms with Crippen molar-refractivity contribution in [1.29, 1.82) is 0 Å². The summed E-state index contributed by atoms with van der Waals surface area (Å²) in [5.41, 5.74) is 2.56. The number of para-hydroxylation sites is 1. The van der Waals surface area contributed by atoms with Gasteiger partial charge in [-0.05, 0) is 66.9 Å². The number of benzene rings is 3. The van der Waals surface area contributed by atoms with Gasteiger partial charge in [-0.2, -0.15) is 4.99 Å². The molecule has 2 heterocycles. The molecule has 0 aliphatic carbocycles. The number of thiazole rings is 1. The quantitative estimate of drug-likeness (QED) is 0.353. The van der Waals surface area contributed by atoms with Gasteiger partial charge in [0.2, 0.25) is 10.0 Å². The maximum absolute atomic E-state index is 13.4. The lowest BCUT2D eigenvalue weighted by Crippen LogP contribution is -2.35. The molecule has 1 amide bonds. The van der Waals surface area contributed by atoms with E-state index in [0.717, 1.165) is 29.7 Å². The summed E-state index contributed by atoms with van der Waals surface area (Å²) in [5.74, 6) is -0.563. The standard InChI is InChI=1S/C26H26N4O6S3/c1-36-16-15-29-23-13-12-21(38(27,32)33)17-24(23)37-26(29)28-25(31)19-8-10-20(11-9-19)39(34,35)30-14-4-6-18-5-2-3-7-22(18)30/h2-3,5,7-13,17H,4,6,14-16H2,1H3,(H2,27,32,33). The average Bonchev–Trinajstić information content (AvgIpc) is 3.27. The molecule has 1 aromatic heterocycles. The molecule has 5 rings (SSSR count). The number of nitrogens with two attached hydrogens (primary N) is 1. The molecular weight excluding hydrogens is 561 g/mol. The number of primary sulfonamides is 1. The van der Waals surface area contributed by atoms with Crippen LogP contribution in [-0.2, 0) is 37.7 Å². The minimum atomic E-state index is -3.90. The number of carbonyl (C=O) groups excluding carboxylic acids is 1. The predicted molar refractivity (Wildman–Crippen MR) is 149 cm³/mol. The van der Waals surface area contributed by atoms with E-state index in [0.29, 0.717) is 40.4 Å². The van der Waals surface area contributed by atoms with Crippen LogP contribution < -0.4 is 14.2 Å². The summed E-state index contributed by atoms with van der Waals surface area (Å²) in [6.45, 7) is 1.11. The van der Waals surface area contributed by atoms with E-state index in [4.69, 9.17) is 9.88 Å². The molecule has 4 aromatic rings. The van der Waals surface area contributed by atoms with Crippen molar-refractivity contribution in [1.82, 2.24) is 4.57 Å². The number of ether oxygens (including phenoxy) is 1. The molecule has 39 heavy (non-hydrogen) atoms. The summed E-state index contributed by atoms with van der Waals surface area (Å²) in [6.07, 6.45) is 1.55. The first-order chi connectivity index (χ1) is 18.6. The fraction of sp³-hybridized carbons (Fsp3) is 0.231. The highest BCUT2D eigenvalue weighted by Crippen LogP contribution is 2.32. The van der Waals surface area contributed by atoms with Crippen molar-refractivity contribution < 1.29 is 26.4 Å². The lowest BCUT2D eigenvalue weighted by Gasteiger charge is -2.30. The van der Waals surface area contributed by atoms with Gasteiger partial charge in [-0.1, -0.05) is 29.5 Å². The van der Waals surface area contributed by atoms with Crippen LogP contribution >= 0.6 is 11.3 Å². The largest absolute Gasteiger partial charge is 0.383 e. The van der Waals surface area contributed by atoms with Gasteiger partial charge in [0.15, 0.2) is 4.80 Å². The third kappa shape index (κ3) is 5.40. The topological polar surface area (TPSA) is 141 Å². The summed E-state index contributed by atoms with van der Waals surface area (Å²) in [4.78, 5) is 17.8. The summed E-state index contributed by atoms with van der Waals surface area (Å²) < 4.78 is 59.4. The predicted octanol–water partition coefficient (Wildman–Crippen LogP) is 2.88. The zero-order valence-electron chi connectivity index (χ0n) is 21.0. The zero-order chi connectivity index (χ0) is 27.8. The van der Waals surface area contributed by atoms with Crippen LogP contribution in [0.5, 0.6) is 0 Å². The Kier molecular flexibility index (Phi) is 7.44. The fourth-order valence-corrected chi connectivity index (χ4v) is 7.76. The van der Waals surface area contributed by atoms with Crippen LogP contribution in [0, 0.1) is 0 Å². The second-order valence-corrected chi connectivity index (χ2v) is 13.4. The van der Waals surface area contributed by atoms with Gasteiger partial charge in [0.1, 0.15) is 0 Å². The molecule has 0 spiro atoms. The Morgan fingerprint density at radius 2 is 1.74 bits per heavy atom. The van der Waals surface area contributed by atoms with Crippen molar-refractivity contribution in [2.45, 2.75) is 29.2 Å². The molecule has 0 bridgehead atoms. The zero-order valence-corrected chi connectivity index (χ0v) is 23.4. The molecule has 0 saturated heterocycles. The van der Waals surface area contributed by atoms with Gasteiger partial charge in [0.25, 0.3) is 15.9 Å². The highest BCUT2D eigenvalue weighted by Gasteiger charge is 2.29. The van der Waals surface area contributed by atoms with Crippen molar-refractivity contribution in [3.05, 3.63) is 82.7 Å². The third-order valence-corrected chi connectivity index (χ3v) is 10.2. The van der Waals surface area contributed by atoms with Crippen LogP contribution in [0.25, 0.3) is 10.2 Å². The first-order valence-electron chi connectivity index (χ1n) is 12.0. The maximum Gasteiger partial charge on any atom is 0.279 e. The van der Waals surface area contributed by atoms with Gasteiger partial charge in [0.05, 0.1) is 32.3 Å². The number of hydrogen-bond donors (Lipinski definition) is 1. The van der Waals surface area contributed by atoms with E-state index < -0.39 is 26.0 Å². The number of rotatable bonds is 7.